The van der Waals surface area contributed by atoms with E-state index in [1.54, 1.807) is 12.4 Å². The fourth-order valence-corrected chi connectivity index (χ4v) is 4.93. The van der Waals surface area contributed by atoms with Crippen LogP contribution in [0, 0.1) is 0 Å². The van der Waals surface area contributed by atoms with E-state index in [-0.39, 0.29) is 0 Å². The topological polar surface area (TPSA) is 40.6 Å². The summed E-state index contributed by atoms with van der Waals surface area (Å²) in [5.41, 5.74) is 0. The molecule has 7 heteroatoms. The van der Waals surface area contributed by atoms with Gasteiger partial charge in [-0.3, -0.25) is 4.98 Å². The number of hydrogen-bond acceptors (Lipinski definition) is 4. The lowest BCUT2D eigenvalue weighted by atomic mass is 10.4. The maximum absolute atomic E-state index is 5.76. The Kier molecular flexibility index (Phi) is 14.9. The third kappa shape index (κ3) is 8.74. The molecule has 0 N–H and O–H groups in total. The Morgan fingerprint density at radius 2 is 1.27 bits per heavy atom. The lowest BCUT2D eigenvalue weighted by Crippen LogP contribution is -2.56. The summed E-state index contributed by atoms with van der Waals surface area (Å²) in [6.07, 6.45) is 6.03. The molecule has 0 aliphatic carbocycles. The Hall–Kier alpha value is 0.207. The van der Waals surface area contributed by atoms with Crippen LogP contribution < -0.4 is 5.19 Å². The first-order valence-electron chi connectivity index (χ1n) is 7.64. The van der Waals surface area contributed by atoms with Crippen LogP contribution in [0.25, 0.3) is 0 Å². The summed E-state index contributed by atoms with van der Waals surface area (Å²) in [6.45, 7) is 7.57. The highest BCUT2D eigenvalue weighted by atomic mass is 79.9. The number of rotatable bonds is 10. The Labute approximate surface area is 152 Å². The first-order chi connectivity index (χ1) is 10.7. The summed E-state index contributed by atoms with van der Waals surface area (Å²) >= 11 is 6.66. The molecule has 0 aliphatic heterocycles. The molecule has 0 amide bonds. The van der Waals surface area contributed by atoms with Crippen LogP contribution in [0.15, 0.2) is 24.5 Å². The minimum Gasteiger partial charge on any atom is -0.370 e. The highest BCUT2D eigenvalue weighted by Crippen LogP contribution is 2.10. The van der Waals surface area contributed by atoms with E-state index < -0.39 is 8.80 Å². The molecule has 0 radical (unpaired) electrons. The fraction of sp³-hybridized carbons (Fsp3) is 0.667. The van der Waals surface area contributed by atoms with Crippen LogP contribution in [0.1, 0.15) is 33.6 Å². The van der Waals surface area contributed by atoms with Gasteiger partial charge in [-0.1, -0.05) is 31.9 Å². The van der Waals surface area contributed by atoms with Gasteiger partial charge in [-0.05, 0) is 45.7 Å². The van der Waals surface area contributed by atoms with Gasteiger partial charge in [0, 0.05) is 48.1 Å². The zero-order valence-corrected chi connectivity index (χ0v) is 17.9. The standard InChI is InChI=1S/C11H19NO3Si.C4H8Br2/c1-4-13-16(14-5-2,15-6-3)11-7-9-12-10-8-11;5-3-1-2-4-6/h7-10H,4-6H2,1-3H3;1-4H2. The van der Waals surface area contributed by atoms with Crippen LogP contribution in [0.4, 0.5) is 0 Å². The average Bonchev–Trinajstić information content (AvgIpc) is 2.55. The first kappa shape index (κ1) is 22.2. The van der Waals surface area contributed by atoms with E-state index >= 15 is 0 Å². The van der Waals surface area contributed by atoms with Crippen LogP contribution in [-0.4, -0.2) is 44.3 Å². The van der Waals surface area contributed by atoms with Crippen LogP contribution in [-0.2, 0) is 13.3 Å². The fourth-order valence-electron chi connectivity index (χ4n) is 1.69. The number of nitrogens with zero attached hydrogens (tertiary/aromatic N) is 1. The monoisotopic (exact) mass is 455 g/mol. The maximum atomic E-state index is 5.76. The zero-order chi connectivity index (χ0) is 16.7. The Morgan fingerprint density at radius 3 is 1.59 bits per heavy atom. The second-order valence-corrected chi connectivity index (χ2v) is 8.32. The maximum Gasteiger partial charge on any atom is 0.537 e. The van der Waals surface area contributed by atoms with Crippen molar-refractivity contribution in [2.75, 3.05) is 30.5 Å². The predicted molar refractivity (Wildman–Crippen MR) is 101 cm³/mol. The van der Waals surface area contributed by atoms with Crippen LogP contribution in [0.3, 0.4) is 0 Å². The molecule has 1 aromatic rings. The molecule has 0 spiro atoms. The van der Waals surface area contributed by atoms with E-state index in [0.717, 1.165) is 15.8 Å². The molecular weight excluding hydrogens is 430 g/mol. The van der Waals surface area contributed by atoms with E-state index in [0.29, 0.717) is 19.8 Å². The molecule has 0 bridgehead atoms. The van der Waals surface area contributed by atoms with Crippen molar-refractivity contribution >= 4 is 45.9 Å². The number of hydrogen-bond donors (Lipinski definition) is 0. The molecular formula is C15H27Br2NO3Si. The second kappa shape index (κ2) is 14.8. The van der Waals surface area contributed by atoms with Gasteiger partial charge < -0.3 is 13.3 Å². The molecule has 0 unspecified atom stereocenters. The summed E-state index contributed by atoms with van der Waals surface area (Å²) < 4.78 is 17.3. The highest BCUT2D eigenvalue weighted by molar-refractivity contribution is 9.09. The number of halogens is 2. The van der Waals surface area contributed by atoms with Crippen molar-refractivity contribution in [2.45, 2.75) is 33.6 Å². The lowest BCUT2D eigenvalue weighted by molar-refractivity contribution is 0.0859. The largest absolute Gasteiger partial charge is 0.537 e. The van der Waals surface area contributed by atoms with Crippen molar-refractivity contribution in [3.05, 3.63) is 24.5 Å². The number of pyridine rings is 1. The molecule has 4 nitrogen and oxygen atoms in total. The second-order valence-electron chi connectivity index (χ2n) is 4.18. The summed E-state index contributed by atoms with van der Waals surface area (Å²) in [6, 6.07) is 3.79. The SMILES string of the molecule is BrCCCCBr.CCO[Si](OCC)(OCC)c1ccncc1. The quantitative estimate of drug-likeness (QED) is 0.304. The van der Waals surface area contributed by atoms with E-state index in [1.165, 1.54) is 12.8 Å². The van der Waals surface area contributed by atoms with Crippen molar-refractivity contribution in [3.8, 4) is 0 Å². The Balaban J connectivity index is 0.000000626. The predicted octanol–water partition coefficient (Wildman–Crippen LogP) is 3.89. The van der Waals surface area contributed by atoms with E-state index in [9.17, 15) is 0 Å². The van der Waals surface area contributed by atoms with Crippen molar-refractivity contribution in [2.24, 2.45) is 0 Å². The van der Waals surface area contributed by atoms with Gasteiger partial charge in [0.15, 0.2) is 0 Å². The number of unbranched alkanes of at least 4 members (excludes halogenated alkanes) is 1. The van der Waals surface area contributed by atoms with Gasteiger partial charge in [-0.2, -0.15) is 0 Å². The van der Waals surface area contributed by atoms with Gasteiger partial charge in [-0.15, -0.1) is 0 Å². The van der Waals surface area contributed by atoms with Gasteiger partial charge in [0.25, 0.3) is 0 Å². The Bertz CT molecular complexity index is 337. The molecule has 0 atom stereocenters. The van der Waals surface area contributed by atoms with Crippen molar-refractivity contribution in [3.63, 3.8) is 0 Å². The normalized spacial score (nSPS) is 11.0. The highest BCUT2D eigenvalue weighted by Gasteiger charge is 2.42. The number of aromatic nitrogens is 1. The van der Waals surface area contributed by atoms with Gasteiger partial charge in [0.2, 0.25) is 0 Å². The molecule has 0 fully saturated rings. The van der Waals surface area contributed by atoms with Gasteiger partial charge in [-0.25, -0.2) is 0 Å². The van der Waals surface area contributed by atoms with Gasteiger partial charge in [0.1, 0.15) is 0 Å². The van der Waals surface area contributed by atoms with Gasteiger partial charge >= 0.3 is 8.80 Å². The molecule has 22 heavy (non-hydrogen) atoms. The molecule has 0 saturated heterocycles. The van der Waals surface area contributed by atoms with E-state index in [1.807, 2.05) is 32.9 Å². The first-order valence-corrected chi connectivity index (χ1v) is 11.6. The van der Waals surface area contributed by atoms with Crippen LogP contribution in [0.2, 0.25) is 0 Å². The lowest BCUT2D eigenvalue weighted by Gasteiger charge is -2.28. The van der Waals surface area contributed by atoms with Crippen molar-refractivity contribution < 1.29 is 13.3 Å². The minimum absolute atomic E-state index is 0.578. The third-order valence-electron chi connectivity index (χ3n) is 2.55. The Morgan fingerprint density at radius 1 is 0.864 bits per heavy atom. The number of alkyl halides is 2. The molecule has 0 saturated carbocycles. The summed E-state index contributed by atoms with van der Waals surface area (Å²) in [5.74, 6) is 0. The zero-order valence-electron chi connectivity index (χ0n) is 13.7. The van der Waals surface area contributed by atoms with Crippen molar-refractivity contribution in [1.82, 2.24) is 4.98 Å². The third-order valence-corrected chi connectivity index (χ3v) is 6.72. The summed E-state index contributed by atoms with van der Waals surface area (Å²) in [4.78, 5) is 3.99. The smallest absolute Gasteiger partial charge is 0.370 e. The molecule has 0 aromatic carbocycles. The van der Waals surface area contributed by atoms with E-state index in [4.69, 9.17) is 13.3 Å². The molecule has 128 valence electrons. The molecule has 1 aromatic heterocycles. The van der Waals surface area contributed by atoms with E-state index in [2.05, 4.69) is 36.8 Å². The van der Waals surface area contributed by atoms with Crippen LogP contribution >= 0.6 is 31.9 Å². The molecule has 1 rings (SSSR count). The van der Waals surface area contributed by atoms with Crippen LogP contribution in [0.5, 0.6) is 0 Å². The molecule has 1 heterocycles. The molecule has 0 aliphatic rings. The van der Waals surface area contributed by atoms with Gasteiger partial charge in [0.05, 0.1) is 0 Å². The minimum atomic E-state index is -2.71. The summed E-state index contributed by atoms with van der Waals surface area (Å²) in [7, 11) is -2.71. The average molecular weight is 457 g/mol. The van der Waals surface area contributed by atoms with Crippen molar-refractivity contribution in [1.29, 1.82) is 0 Å². The summed E-state index contributed by atoms with van der Waals surface area (Å²) in [5, 5.41) is 3.24.